The maximum atomic E-state index is 10.9. The standard InChI is InChI=1S/C12H14N2O3/c1-12(2,8-13)4-6-17-10-7-14-5-3-9(10)11(15)16/h3,5,7H,4,6H2,1-2H3,(H,15,16). The Morgan fingerprint density at radius 3 is 2.94 bits per heavy atom. The summed E-state index contributed by atoms with van der Waals surface area (Å²) in [6.07, 6.45) is 3.29. The van der Waals surface area contributed by atoms with Crippen LogP contribution in [0.15, 0.2) is 18.5 Å². The number of nitriles is 1. The smallest absolute Gasteiger partial charge is 0.339 e. The molecule has 17 heavy (non-hydrogen) atoms. The number of carboxylic acids is 1. The van der Waals surface area contributed by atoms with E-state index in [-0.39, 0.29) is 17.9 Å². The molecule has 1 rings (SSSR count). The van der Waals surface area contributed by atoms with Crippen LogP contribution in [0.4, 0.5) is 0 Å². The lowest BCUT2D eigenvalue weighted by Gasteiger charge is -2.15. The summed E-state index contributed by atoms with van der Waals surface area (Å²) < 4.78 is 5.34. The predicted molar refractivity (Wildman–Crippen MR) is 60.7 cm³/mol. The van der Waals surface area contributed by atoms with Gasteiger partial charge in [0.15, 0.2) is 5.75 Å². The molecule has 5 nitrogen and oxygen atoms in total. The highest BCUT2D eigenvalue weighted by molar-refractivity contribution is 5.90. The molecule has 0 saturated heterocycles. The van der Waals surface area contributed by atoms with Crippen molar-refractivity contribution in [1.82, 2.24) is 4.98 Å². The van der Waals surface area contributed by atoms with Gasteiger partial charge in [0, 0.05) is 6.20 Å². The Morgan fingerprint density at radius 2 is 2.35 bits per heavy atom. The number of aromatic nitrogens is 1. The van der Waals surface area contributed by atoms with Crippen molar-refractivity contribution in [1.29, 1.82) is 5.26 Å². The van der Waals surface area contributed by atoms with Crippen LogP contribution in [0.5, 0.6) is 5.75 Å². The van der Waals surface area contributed by atoms with E-state index in [1.807, 2.05) is 0 Å². The van der Waals surface area contributed by atoms with Gasteiger partial charge in [-0.3, -0.25) is 4.98 Å². The van der Waals surface area contributed by atoms with E-state index in [0.717, 1.165) is 0 Å². The van der Waals surface area contributed by atoms with Gasteiger partial charge in [-0.1, -0.05) is 0 Å². The van der Waals surface area contributed by atoms with Crippen LogP contribution in [0.25, 0.3) is 0 Å². The molecule has 1 aromatic heterocycles. The van der Waals surface area contributed by atoms with Gasteiger partial charge >= 0.3 is 5.97 Å². The number of aromatic carboxylic acids is 1. The van der Waals surface area contributed by atoms with E-state index >= 15 is 0 Å². The number of ether oxygens (including phenoxy) is 1. The Labute approximate surface area is 99.7 Å². The highest BCUT2D eigenvalue weighted by atomic mass is 16.5. The normalized spacial score (nSPS) is 10.6. The minimum Gasteiger partial charge on any atom is -0.491 e. The first-order valence-corrected chi connectivity index (χ1v) is 5.17. The molecule has 1 N–H and O–H groups in total. The van der Waals surface area contributed by atoms with Crippen LogP contribution < -0.4 is 4.74 Å². The molecular formula is C12H14N2O3. The Hall–Kier alpha value is -2.09. The molecule has 0 bridgehead atoms. The zero-order valence-electron chi connectivity index (χ0n) is 9.80. The lowest BCUT2D eigenvalue weighted by Crippen LogP contribution is -2.14. The second kappa shape index (κ2) is 5.30. The predicted octanol–water partition coefficient (Wildman–Crippen LogP) is 2.10. The van der Waals surface area contributed by atoms with Crippen LogP contribution in [-0.4, -0.2) is 22.7 Å². The molecule has 0 saturated carbocycles. The van der Waals surface area contributed by atoms with Gasteiger partial charge in [-0.25, -0.2) is 4.79 Å². The molecule has 90 valence electrons. The fourth-order valence-electron chi connectivity index (χ4n) is 1.14. The number of pyridine rings is 1. The average Bonchev–Trinajstić information content (AvgIpc) is 2.29. The van der Waals surface area contributed by atoms with Crippen LogP contribution in [0.1, 0.15) is 30.6 Å². The minimum atomic E-state index is -1.05. The van der Waals surface area contributed by atoms with Gasteiger partial charge in [0.2, 0.25) is 0 Å². The summed E-state index contributed by atoms with van der Waals surface area (Å²) in [6.45, 7) is 3.89. The van der Waals surface area contributed by atoms with Crippen molar-refractivity contribution in [2.45, 2.75) is 20.3 Å². The van der Waals surface area contributed by atoms with Gasteiger partial charge in [0.05, 0.1) is 24.3 Å². The van der Waals surface area contributed by atoms with Crippen molar-refractivity contribution in [3.63, 3.8) is 0 Å². The molecule has 0 radical (unpaired) electrons. The molecular weight excluding hydrogens is 220 g/mol. The van der Waals surface area contributed by atoms with Crippen LogP contribution >= 0.6 is 0 Å². The second-order valence-electron chi connectivity index (χ2n) is 4.27. The van der Waals surface area contributed by atoms with Crippen molar-refractivity contribution in [2.24, 2.45) is 5.41 Å². The van der Waals surface area contributed by atoms with Crippen LogP contribution in [0.2, 0.25) is 0 Å². The summed E-state index contributed by atoms with van der Waals surface area (Å²) in [5, 5.41) is 17.7. The van der Waals surface area contributed by atoms with Crippen LogP contribution in [0.3, 0.4) is 0 Å². The molecule has 0 aliphatic rings. The molecule has 5 heteroatoms. The van der Waals surface area contributed by atoms with Gasteiger partial charge in [0.25, 0.3) is 0 Å². The van der Waals surface area contributed by atoms with Crippen molar-refractivity contribution >= 4 is 5.97 Å². The van der Waals surface area contributed by atoms with Crippen molar-refractivity contribution in [2.75, 3.05) is 6.61 Å². The third-order valence-electron chi connectivity index (χ3n) is 2.30. The van der Waals surface area contributed by atoms with Gasteiger partial charge in [-0.05, 0) is 26.3 Å². The molecule has 1 aromatic rings. The SMILES string of the molecule is CC(C)(C#N)CCOc1cnccc1C(=O)O. The van der Waals surface area contributed by atoms with Gasteiger partial charge < -0.3 is 9.84 Å². The molecule has 0 spiro atoms. The summed E-state index contributed by atoms with van der Waals surface area (Å²) in [5.74, 6) is -0.823. The van der Waals surface area contributed by atoms with Crippen molar-refractivity contribution in [3.05, 3.63) is 24.0 Å². The topological polar surface area (TPSA) is 83.2 Å². The van der Waals surface area contributed by atoms with Crippen molar-refractivity contribution in [3.8, 4) is 11.8 Å². The quantitative estimate of drug-likeness (QED) is 0.843. The zero-order valence-corrected chi connectivity index (χ0v) is 9.80. The Morgan fingerprint density at radius 1 is 1.65 bits per heavy atom. The third kappa shape index (κ3) is 3.76. The Kier molecular flexibility index (Phi) is 4.05. The molecule has 1 heterocycles. The number of carboxylic acid groups (broad SMARTS) is 1. The average molecular weight is 234 g/mol. The fraction of sp³-hybridized carbons (Fsp3) is 0.417. The maximum absolute atomic E-state index is 10.9. The first-order chi connectivity index (χ1) is 7.96. The molecule has 0 unspecified atom stereocenters. The molecule has 0 atom stereocenters. The van der Waals surface area contributed by atoms with Gasteiger partial charge in [-0.15, -0.1) is 0 Å². The lowest BCUT2D eigenvalue weighted by atomic mass is 9.92. The first-order valence-electron chi connectivity index (χ1n) is 5.17. The fourth-order valence-corrected chi connectivity index (χ4v) is 1.14. The zero-order chi connectivity index (χ0) is 12.9. The van der Waals surface area contributed by atoms with Gasteiger partial charge in [-0.2, -0.15) is 5.26 Å². The van der Waals surface area contributed by atoms with E-state index < -0.39 is 11.4 Å². The van der Waals surface area contributed by atoms with E-state index in [0.29, 0.717) is 6.42 Å². The summed E-state index contributed by atoms with van der Waals surface area (Å²) in [4.78, 5) is 14.7. The second-order valence-corrected chi connectivity index (χ2v) is 4.27. The number of rotatable bonds is 5. The van der Waals surface area contributed by atoms with Crippen LogP contribution in [0, 0.1) is 16.7 Å². The van der Waals surface area contributed by atoms with Crippen molar-refractivity contribution < 1.29 is 14.6 Å². The summed E-state index contributed by atoms with van der Waals surface area (Å²) in [5.41, 5.74) is -0.402. The molecule has 0 fully saturated rings. The summed E-state index contributed by atoms with van der Waals surface area (Å²) in [7, 11) is 0. The number of carbonyl (C=O) groups is 1. The van der Waals surface area contributed by atoms with E-state index in [2.05, 4.69) is 11.1 Å². The van der Waals surface area contributed by atoms with Crippen LogP contribution in [-0.2, 0) is 0 Å². The number of nitrogens with zero attached hydrogens (tertiary/aromatic N) is 2. The molecule has 0 aliphatic heterocycles. The number of hydrogen-bond acceptors (Lipinski definition) is 4. The van der Waals surface area contributed by atoms with Gasteiger partial charge in [0.1, 0.15) is 5.56 Å². The number of hydrogen-bond donors (Lipinski definition) is 1. The first kappa shape index (κ1) is 13.0. The molecule has 0 amide bonds. The summed E-state index contributed by atoms with van der Waals surface area (Å²) in [6, 6.07) is 3.54. The minimum absolute atomic E-state index is 0.0785. The maximum Gasteiger partial charge on any atom is 0.339 e. The highest BCUT2D eigenvalue weighted by Gasteiger charge is 2.17. The third-order valence-corrected chi connectivity index (χ3v) is 2.30. The summed E-state index contributed by atoms with van der Waals surface area (Å²) >= 11 is 0. The Bertz CT molecular complexity index is 449. The Balaban J connectivity index is 2.65. The van der Waals surface area contributed by atoms with E-state index in [1.54, 1.807) is 13.8 Å². The van der Waals surface area contributed by atoms with E-state index in [9.17, 15) is 4.79 Å². The lowest BCUT2D eigenvalue weighted by molar-refractivity contribution is 0.0691. The van der Waals surface area contributed by atoms with E-state index in [4.69, 9.17) is 15.1 Å². The molecule has 0 aliphatic carbocycles. The van der Waals surface area contributed by atoms with E-state index in [1.165, 1.54) is 18.5 Å². The monoisotopic (exact) mass is 234 g/mol. The largest absolute Gasteiger partial charge is 0.491 e. The molecule has 0 aromatic carbocycles. The highest BCUT2D eigenvalue weighted by Crippen LogP contribution is 2.21.